The van der Waals surface area contributed by atoms with Crippen molar-refractivity contribution in [3.05, 3.63) is 47.8 Å². The van der Waals surface area contributed by atoms with E-state index in [1.54, 1.807) is 0 Å². The molecule has 1 aromatic heterocycles. The summed E-state index contributed by atoms with van der Waals surface area (Å²) in [5.74, 6) is 0.864. The Morgan fingerprint density at radius 2 is 1.82 bits per heavy atom. The summed E-state index contributed by atoms with van der Waals surface area (Å²) in [7, 11) is 1.81. The van der Waals surface area contributed by atoms with Gasteiger partial charge in [0.25, 0.3) is 0 Å². The summed E-state index contributed by atoms with van der Waals surface area (Å²) in [6, 6.07) is 10.2. The molecular formula is C21H34IN5O. The van der Waals surface area contributed by atoms with Crippen LogP contribution in [0.4, 0.5) is 0 Å². The highest BCUT2D eigenvalue weighted by molar-refractivity contribution is 14.0. The third-order valence-electron chi connectivity index (χ3n) is 4.37. The maximum absolute atomic E-state index is 5.35. The number of ether oxygens (including phenoxy) is 1. The normalized spacial score (nSPS) is 11.2. The number of aryl methyl sites for hydroxylation is 2. The van der Waals surface area contributed by atoms with Gasteiger partial charge in [0.15, 0.2) is 5.96 Å². The molecule has 0 spiro atoms. The van der Waals surface area contributed by atoms with Crippen LogP contribution in [-0.4, -0.2) is 49.1 Å². The van der Waals surface area contributed by atoms with Crippen molar-refractivity contribution in [3.63, 3.8) is 0 Å². The van der Waals surface area contributed by atoms with Crippen molar-refractivity contribution in [1.82, 2.24) is 20.4 Å². The van der Waals surface area contributed by atoms with Crippen LogP contribution < -0.4 is 10.6 Å². The van der Waals surface area contributed by atoms with E-state index in [-0.39, 0.29) is 24.0 Å². The van der Waals surface area contributed by atoms with Crippen LogP contribution in [-0.2, 0) is 11.2 Å². The maximum Gasteiger partial charge on any atom is 0.190 e. The Balaban J connectivity index is 0.00000392. The van der Waals surface area contributed by atoms with Crippen LogP contribution in [0.1, 0.15) is 37.4 Å². The van der Waals surface area contributed by atoms with Crippen LogP contribution in [0.15, 0.2) is 41.5 Å². The first kappa shape index (κ1) is 24.4. The molecule has 0 aliphatic carbocycles. The van der Waals surface area contributed by atoms with E-state index in [0.717, 1.165) is 69.3 Å². The average Bonchev–Trinajstić information content (AvgIpc) is 3.07. The lowest BCUT2D eigenvalue weighted by Gasteiger charge is -2.11. The van der Waals surface area contributed by atoms with Crippen molar-refractivity contribution in [2.24, 2.45) is 4.99 Å². The Morgan fingerprint density at radius 3 is 2.50 bits per heavy atom. The zero-order chi connectivity index (χ0) is 19.3. The van der Waals surface area contributed by atoms with Crippen molar-refractivity contribution in [2.45, 2.75) is 39.5 Å². The Labute approximate surface area is 186 Å². The summed E-state index contributed by atoms with van der Waals surface area (Å²) >= 11 is 0. The van der Waals surface area contributed by atoms with Crippen LogP contribution in [0.25, 0.3) is 5.69 Å². The largest absolute Gasteiger partial charge is 0.382 e. The monoisotopic (exact) mass is 499 g/mol. The quantitative estimate of drug-likeness (QED) is 0.214. The van der Waals surface area contributed by atoms with Gasteiger partial charge in [-0.1, -0.05) is 18.2 Å². The fraction of sp³-hybridized carbons (Fsp3) is 0.524. The zero-order valence-electron chi connectivity index (χ0n) is 17.3. The molecular weight excluding hydrogens is 465 g/mol. The number of guanidine groups is 1. The lowest BCUT2D eigenvalue weighted by molar-refractivity contribution is 0.143. The molecule has 0 radical (unpaired) electrons. The molecule has 0 saturated heterocycles. The standard InChI is InChI=1S/C21H33N5O.HI/c1-4-27-16-9-8-14-23-21(22-3)24-15-10-11-19-17-26(25-18(19)2)20-12-6-5-7-13-20;/h5-7,12-13,17H,4,8-11,14-16H2,1-3H3,(H2,22,23,24);1H. The number of nitrogens with one attached hydrogen (secondary N) is 2. The number of aromatic nitrogens is 2. The summed E-state index contributed by atoms with van der Waals surface area (Å²) in [5.41, 5.74) is 3.48. The molecule has 0 unspecified atom stereocenters. The Morgan fingerprint density at radius 1 is 1.11 bits per heavy atom. The molecule has 1 heterocycles. The molecule has 0 aliphatic rings. The van der Waals surface area contributed by atoms with Gasteiger partial charge in [-0.05, 0) is 57.2 Å². The number of nitrogens with zero attached hydrogens (tertiary/aromatic N) is 3. The van der Waals surface area contributed by atoms with Crippen LogP contribution in [0.2, 0.25) is 0 Å². The van der Waals surface area contributed by atoms with Gasteiger partial charge in [-0.25, -0.2) is 4.68 Å². The summed E-state index contributed by atoms with van der Waals surface area (Å²) in [5, 5.41) is 11.4. The van der Waals surface area contributed by atoms with E-state index in [2.05, 4.69) is 46.0 Å². The van der Waals surface area contributed by atoms with E-state index in [1.807, 2.05) is 36.9 Å². The Bertz CT molecular complexity index is 687. The third kappa shape index (κ3) is 8.60. The molecule has 2 rings (SSSR count). The van der Waals surface area contributed by atoms with Crippen LogP contribution in [0.5, 0.6) is 0 Å². The van der Waals surface area contributed by atoms with Crippen molar-refractivity contribution in [1.29, 1.82) is 0 Å². The van der Waals surface area contributed by atoms with Gasteiger partial charge in [0.1, 0.15) is 0 Å². The summed E-state index contributed by atoms with van der Waals surface area (Å²) < 4.78 is 7.31. The molecule has 6 nitrogen and oxygen atoms in total. The number of unbranched alkanes of at least 4 members (excludes halogenated alkanes) is 1. The molecule has 0 saturated carbocycles. The minimum absolute atomic E-state index is 0. The highest BCUT2D eigenvalue weighted by Crippen LogP contribution is 2.13. The van der Waals surface area contributed by atoms with Crippen molar-refractivity contribution < 1.29 is 4.74 Å². The number of para-hydroxylation sites is 1. The third-order valence-corrected chi connectivity index (χ3v) is 4.37. The fourth-order valence-corrected chi connectivity index (χ4v) is 2.84. The molecule has 0 bridgehead atoms. The van der Waals surface area contributed by atoms with E-state index in [9.17, 15) is 0 Å². The van der Waals surface area contributed by atoms with E-state index in [0.29, 0.717) is 0 Å². The maximum atomic E-state index is 5.35. The number of benzene rings is 1. The molecule has 2 N–H and O–H groups in total. The minimum atomic E-state index is 0. The van der Waals surface area contributed by atoms with E-state index in [1.165, 1.54) is 5.56 Å². The fourth-order valence-electron chi connectivity index (χ4n) is 2.84. The number of rotatable bonds is 11. The first-order chi connectivity index (χ1) is 13.2. The van der Waals surface area contributed by atoms with E-state index >= 15 is 0 Å². The SMILES string of the molecule is CCOCCCCNC(=NC)NCCCc1cn(-c2ccccc2)nc1C.I. The second-order valence-corrected chi connectivity index (χ2v) is 6.45. The summed E-state index contributed by atoms with van der Waals surface area (Å²) in [6.07, 6.45) is 6.32. The van der Waals surface area contributed by atoms with E-state index in [4.69, 9.17) is 4.74 Å². The summed E-state index contributed by atoms with van der Waals surface area (Å²) in [4.78, 5) is 4.27. The van der Waals surface area contributed by atoms with Gasteiger partial charge < -0.3 is 15.4 Å². The highest BCUT2D eigenvalue weighted by Gasteiger charge is 2.06. The second-order valence-electron chi connectivity index (χ2n) is 6.45. The second kappa shape index (κ2) is 14.4. The molecule has 156 valence electrons. The first-order valence-electron chi connectivity index (χ1n) is 9.87. The van der Waals surface area contributed by atoms with Gasteiger partial charge in [-0.2, -0.15) is 5.10 Å². The van der Waals surface area contributed by atoms with Gasteiger partial charge in [0.05, 0.1) is 11.4 Å². The number of aliphatic imine (C=N–C) groups is 1. The van der Waals surface area contributed by atoms with Gasteiger partial charge in [0.2, 0.25) is 0 Å². The molecule has 7 heteroatoms. The lowest BCUT2D eigenvalue weighted by Crippen LogP contribution is -2.38. The summed E-state index contributed by atoms with van der Waals surface area (Å²) in [6.45, 7) is 7.52. The van der Waals surface area contributed by atoms with Crippen molar-refractivity contribution in [3.8, 4) is 5.69 Å². The number of hydrogen-bond donors (Lipinski definition) is 2. The molecule has 1 aromatic carbocycles. The van der Waals surface area contributed by atoms with Gasteiger partial charge in [-0.15, -0.1) is 24.0 Å². The number of hydrogen-bond acceptors (Lipinski definition) is 3. The van der Waals surface area contributed by atoms with E-state index < -0.39 is 0 Å². The lowest BCUT2D eigenvalue weighted by atomic mass is 10.1. The predicted molar refractivity (Wildman–Crippen MR) is 127 cm³/mol. The zero-order valence-corrected chi connectivity index (χ0v) is 19.6. The average molecular weight is 499 g/mol. The molecule has 0 amide bonds. The highest BCUT2D eigenvalue weighted by atomic mass is 127. The van der Waals surface area contributed by atoms with Crippen LogP contribution >= 0.6 is 24.0 Å². The van der Waals surface area contributed by atoms with Gasteiger partial charge >= 0.3 is 0 Å². The molecule has 2 aromatic rings. The molecule has 0 atom stereocenters. The van der Waals surface area contributed by atoms with Gasteiger partial charge in [0, 0.05) is 39.5 Å². The number of halogens is 1. The van der Waals surface area contributed by atoms with Crippen molar-refractivity contribution in [2.75, 3.05) is 33.4 Å². The Hall–Kier alpha value is -1.61. The van der Waals surface area contributed by atoms with Crippen molar-refractivity contribution >= 4 is 29.9 Å². The van der Waals surface area contributed by atoms with Crippen LogP contribution in [0, 0.1) is 6.92 Å². The Kier molecular flexibility index (Phi) is 12.6. The van der Waals surface area contributed by atoms with Gasteiger partial charge in [-0.3, -0.25) is 4.99 Å². The molecule has 0 aliphatic heterocycles. The molecule has 0 fully saturated rings. The minimum Gasteiger partial charge on any atom is -0.382 e. The smallest absolute Gasteiger partial charge is 0.190 e. The topological polar surface area (TPSA) is 63.5 Å². The molecule has 28 heavy (non-hydrogen) atoms. The predicted octanol–water partition coefficient (Wildman–Crippen LogP) is 3.71. The first-order valence-corrected chi connectivity index (χ1v) is 9.87. The van der Waals surface area contributed by atoms with Crippen LogP contribution in [0.3, 0.4) is 0 Å².